The molecule has 1 N–H and O–H groups in total. The van der Waals surface area contributed by atoms with Gasteiger partial charge in [0, 0.05) is 24.2 Å². The van der Waals surface area contributed by atoms with Crippen LogP contribution in [0.25, 0.3) is 0 Å². The summed E-state index contributed by atoms with van der Waals surface area (Å²) in [5.41, 5.74) is 2.97. The fourth-order valence-electron chi connectivity index (χ4n) is 3.11. The molecule has 1 saturated heterocycles. The smallest absolute Gasteiger partial charge is 0.408 e. The van der Waals surface area contributed by atoms with E-state index in [0.717, 1.165) is 11.3 Å². The van der Waals surface area contributed by atoms with Crippen molar-refractivity contribution in [2.24, 2.45) is 0 Å². The minimum Gasteiger partial charge on any atom is -0.439 e. The minimum atomic E-state index is -0.637. The molecule has 28 heavy (non-hydrogen) atoms. The second-order valence-corrected chi connectivity index (χ2v) is 6.50. The van der Waals surface area contributed by atoms with E-state index in [4.69, 9.17) is 4.74 Å². The van der Waals surface area contributed by atoms with E-state index in [0.29, 0.717) is 17.7 Å². The molecule has 7 heteroatoms. The maximum atomic E-state index is 13.6. The van der Waals surface area contributed by atoms with Crippen molar-refractivity contribution < 1.29 is 13.9 Å². The van der Waals surface area contributed by atoms with Gasteiger partial charge in [0.2, 0.25) is 0 Å². The first-order valence-corrected chi connectivity index (χ1v) is 8.73. The van der Waals surface area contributed by atoms with Crippen LogP contribution in [-0.2, 0) is 11.3 Å². The molecule has 0 bridgehead atoms. The molecule has 0 saturated carbocycles. The van der Waals surface area contributed by atoms with Crippen molar-refractivity contribution in [2.45, 2.75) is 25.6 Å². The van der Waals surface area contributed by atoms with Crippen LogP contribution >= 0.6 is 0 Å². The zero-order chi connectivity index (χ0) is 19.5. The average Bonchev–Trinajstić information content (AvgIpc) is 3.27. The average molecular weight is 376 g/mol. The molecule has 1 aliphatic rings. The van der Waals surface area contributed by atoms with Gasteiger partial charge in [-0.1, -0.05) is 24.0 Å². The number of benzene rings is 1. The largest absolute Gasteiger partial charge is 0.439 e. The molecule has 0 aliphatic carbocycles. The number of cyclic esters (lactones) is 1. The van der Waals surface area contributed by atoms with E-state index < -0.39 is 18.2 Å². The van der Waals surface area contributed by atoms with Crippen molar-refractivity contribution in [1.29, 1.82) is 0 Å². The van der Waals surface area contributed by atoms with Gasteiger partial charge in [-0.3, -0.25) is 4.98 Å². The van der Waals surface area contributed by atoms with E-state index in [9.17, 15) is 9.18 Å². The van der Waals surface area contributed by atoms with Gasteiger partial charge in [0.1, 0.15) is 11.9 Å². The Morgan fingerprint density at radius 1 is 1.29 bits per heavy atom. The quantitative estimate of drug-likeness (QED) is 0.712. The molecule has 140 valence electrons. The van der Waals surface area contributed by atoms with Gasteiger partial charge in [0.15, 0.2) is 6.10 Å². The molecule has 1 amide bonds. The molecule has 3 aromatic rings. The third kappa shape index (κ3) is 3.86. The predicted molar refractivity (Wildman–Crippen MR) is 99.6 cm³/mol. The summed E-state index contributed by atoms with van der Waals surface area (Å²) in [6.07, 6.45) is 5.76. The maximum absolute atomic E-state index is 13.6. The van der Waals surface area contributed by atoms with E-state index in [-0.39, 0.29) is 5.82 Å². The summed E-state index contributed by atoms with van der Waals surface area (Å²) in [4.78, 5) is 20.2. The normalized spacial score (nSPS) is 18.1. The van der Waals surface area contributed by atoms with E-state index in [1.165, 1.54) is 12.1 Å². The van der Waals surface area contributed by atoms with Crippen LogP contribution in [0.1, 0.15) is 34.5 Å². The number of ether oxygens (including phenoxy) is 1. The highest BCUT2D eigenvalue weighted by molar-refractivity contribution is 5.71. The minimum absolute atomic E-state index is 0.383. The molecule has 1 aromatic carbocycles. The fourth-order valence-corrected chi connectivity index (χ4v) is 3.11. The molecule has 0 radical (unpaired) electrons. The van der Waals surface area contributed by atoms with Gasteiger partial charge in [0.25, 0.3) is 0 Å². The highest BCUT2D eigenvalue weighted by Crippen LogP contribution is 2.36. The Morgan fingerprint density at radius 3 is 2.96 bits per heavy atom. The summed E-state index contributed by atoms with van der Waals surface area (Å²) >= 11 is 0. The fraction of sp³-hybridized carbons (Fsp3) is 0.190. The van der Waals surface area contributed by atoms with Crippen LogP contribution in [0.15, 0.2) is 55.2 Å². The van der Waals surface area contributed by atoms with Gasteiger partial charge in [0.05, 0.1) is 18.6 Å². The lowest BCUT2D eigenvalue weighted by molar-refractivity contribution is 0.132. The Hall–Kier alpha value is -3.66. The zero-order valence-corrected chi connectivity index (χ0v) is 15.1. The molecule has 1 fully saturated rings. The summed E-state index contributed by atoms with van der Waals surface area (Å²) in [5.74, 6) is 5.76. The number of aromatic nitrogens is 3. The highest BCUT2D eigenvalue weighted by Gasteiger charge is 2.36. The van der Waals surface area contributed by atoms with Gasteiger partial charge in [-0.25, -0.2) is 14.2 Å². The van der Waals surface area contributed by atoms with Gasteiger partial charge in [-0.15, -0.1) is 0 Å². The van der Waals surface area contributed by atoms with Crippen LogP contribution < -0.4 is 5.32 Å². The molecule has 1 aliphatic heterocycles. The van der Waals surface area contributed by atoms with Crippen molar-refractivity contribution >= 4 is 6.09 Å². The number of nitrogens with one attached hydrogen (secondary N) is 1. The maximum Gasteiger partial charge on any atom is 0.408 e. The van der Waals surface area contributed by atoms with Crippen LogP contribution in [-0.4, -0.2) is 20.6 Å². The number of amides is 1. The van der Waals surface area contributed by atoms with E-state index >= 15 is 0 Å². The van der Waals surface area contributed by atoms with Crippen molar-refractivity contribution in [3.63, 3.8) is 0 Å². The number of carbonyl (C=O) groups is 1. The zero-order valence-electron chi connectivity index (χ0n) is 15.1. The Kier molecular flexibility index (Phi) is 4.77. The lowest BCUT2D eigenvalue weighted by atomic mass is 9.97. The van der Waals surface area contributed by atoms with Gasteiger partial charge in [-0.05, 0) is 36.2 Å². The van der Waals surface area contributed by atoms with Crippen molar-refractivity contribution in [3.8, 4) is 11.8 Å². The lowest BCUT2D eigenvalue weighted by Crippen LogP contribution is -2.19. The molecule has 0 unspecified atom stereocenters. The first kappa shape index (κ1) is 17.7. The number of nitrogens with zero attached hydrogens (tertiary/aromatic N) is 3. The monoisotopic (exact) mass is 376 g/mol. The number of carbonyl (C=O) groups excluding carboxylic acids is 1. The number of halogens is 1. The number of hydrogen-bond donors (Lipinski definition) is 1. The van der Waals surface area contributed by atoms with Crippen LogP contribution in [0, 0.1) is 24.6 Å². The molecule has 3 heterocycles. The van der Waals surface area contributed by atoms with Crippen LogP contribution in [0.2, 0.25) is 0 Å². The standard InChI is InChI=1S/C21H17FN4O2/c1-14-12-26(13-24-14)7-3-4-15-8-17(11-23-10-15)19-20(28-21(27)25-19)16-5-2-6-18(22)9-16/h2,5-6,8-13,19-20H,7H2,1H3,(H,25,27)/t19-,20-/m1/s1. The predicted octanol–water partition coefficient (Wildman–Crippen LogP) is 3.30. The molecular weight excluding hydrogens is 359 g/mol. The Bertz CT molecular complexity index is 1080. The molecular formula is C21H17FN4O2. The molecule has 2 aromatic heterocycles. The van der Waals surface area contributed by atoms with E-state index in [1.54, 1.807) is 30.9 Å². The van der Waals surface area contributed by atoms with Crippen molar-refractivity contribution in [3.05, 3.63) is 83.5 Å². The topological polar surface area (TPSA) is 69.0 Å². The van der Waals surface area contributed by atoms with Gasteiger partial charge in [-0.2, -0.15) is 0 Å². The van der Waals surface area contributed by atoms with Crippen LogP contribution in [0.5, 0.6) is 0 Å². The molecule has 0 spiro atoms. The first-order valence-electron chi connectivity index (χ1n) is 8.73. The Labute approximate surface area is 161 Å². The van der Waals surface area contributed by atoms with Crippen molar-refractivity contribution in [2.75, 3.05) is 0 Å². The van der Waals surface area contributed by atoms with E-state index in [1.807, 2.05) is 23.8 Å². The third-order valence-electron chi connectivity index (χ3n) is 4.36. The Morgan fingerprint density at radius 2 is 2.18 bits per heavy atom. The number of hydrogen-bond acceptors (Lipinski definition) is 4. The number of rotatable bonds is 3. The van der Waals surface area contributed by atoms with Crippen LogP contribution in [0.3, 0.4) is 0 Å². The molecule has 2 atom stereocenters. The SMILES string of the molecule is Cc1cn(CC#Cc2cncc([C@H]3NC(=O)O[C@@H]3c3cccc(F)c3)c2)cn1. The van der Waals surface area contributed by atoms with Crippen LogP contribution in [0.4, 0.5) is 9.18 Å². The second-order valence-electron chi connectivity index (χ2n) is 6.50. The van der Waals surface area contributed by atoms with Gasteiger partial charge >= 0.3 is 6.09 Å². The molecule has 6 nitrogen and oxygen atoms in total. The molecule has 4 rings (SSSR count). The summed E-state index contributed by atoms with van der Waals surface area (Å²) in [6.45, 7) is 2.44. The van der Waals surface area contributed by atoms with E-state index in [2.05, 4.69) is 27.1 Å². The summed E-state index contributed by atoms with van der Waals surface area (Å²) in [7, 11) is 0. The van der Waals surface area contributed by atoms with Gasteiger partial charge < -0.3 is 14.6 Å². The number of alkyl carbamates (subject to hydrolysis) is 1. The summed E-state index contributed by atoms with van der Waals surface area (Å²) < 4.78 is 20.8. The summed E-state index contributed by atoms with van der Waals surface area (Å²) in [6, 6.07) is 7.41. The summed E-state index contributed by atoms with van der Waals surface area (Å²) in [5, 5.41) is 2.77. The Balaban J connectivity index is 1.56. The number of pyridine rings is 1. The second kappa shape index (κ2) is 7.53. The lowest BCUT2D eigenvalue weighted by Gasteiger charge is -2.17. The highest BCUT2D eigenvalue weighted by atomic mass is 19.1. The number of imidazole rings is 1. The number of aryl methyl sites for hydroxylation is 1. The third-order valence-corrected chi connectivity index (χ3v) is 4.36. The van der Waals surface area contributed by atoms with Crippen molar-refractivity contribution in [1.82, 2.24) is 19.9 Å². The first-order chi connectivity index (χ1) is 13.6.